The number of aliphatic imine (C=N–C) groups is 1. The third kappa shape index (κ3) is 1.73. The number of hydrogen-bond donors (Lipinski definition) is 1. The number of rotatable bonds is 1. The van der Waals surface area contributed by atoms with E-state index in [-0.39, 0.29) is 5.54 Å². The smallest absolute Gasteiger partial charge is 0.196 e. The lowest BCUT2D eigenvalue weighted by Crippen LogP contribution is -2.53. The highest BCUT2D eigenvalue weighted by Crippen LogP contribution is 2.38. The maximum atomic E-state index is 6.12. The number of nitrogens with zero attached hydrogens (tertiary/aromatic N) is 3. The summed E-state index contributed by atoms with van der Waals surface area (Å²) in [6.45, 7) is 2.91. The van der Waals surface area contributed by atoms with Crippen LogP contribution in [0.1, 0.15) is 6.42 Å². The molecule has 5 heteroatoms. The molecule has 18 heavy (non-hydrogen) atoms. The van der Waals surface area contributed by atoms with Crippen LogP contribution in [0.25, 0.3) is 0 Å². The van der Waals surface area contributed by atoms with E-state index in [2.05, 4.69) is 43.8 Å². The van der Waals surface area contributed by atoms with Gasteiger partial charge in [-0.3, -0.25) is 4.99 Å². The van der Waals surface area contributed by atoms with Crippen molar-refractivity contribution in [2.45, 2.75) is 12.0 Å². The van der Waals surface area contributed by atoms with Crippen LogP contribution >= 0.6 is 15.9 Å². The van der Waals surface area contributed by atoms with E-state index in [9.17, 15) is 0 Å². The van der Waals surface area contributed by atoms with Gasteiger partial charge in [-0.15, -0.1) is 0 Å². The Labute approximate surface area is 116 Å². The van der Waals surface area contributed by atoms with Crippen LogP contribution in [0.3, 0.4) is 0 Å². The number of likely N-dealkylation sites (tertiary alicyclic amines) is 1. The standard InChI is InChI=1S/C13H17BrN4/c1-17-7-6-13(9-17)8-16-12(15)18(13)11-5-3-2-4-10(11)14/h2-5H,6-9H2,1H3,(H2,15,16). The average Bonchev–Trinajstić information content (AvgIpc) is 2.86. The summed E-state index contributed by atoms with van der Waals surface area (Å²) in [6, 6.07) is 8.20. The first-order valence-electron chi connectivity index (χ1n) is 6.16. The summed E-state index contributed by atoms with van der Waals surface area (Å²) in [5, 5.41) is 0. The molecule has 0 aromatic heterocycles. The largest absolute Gasteiger partial charge is 0.369 e. The van der Waals surface area contributed by atoms with Crippen molar-refractivity contribution < 1.29 is 0 Å². The molecule has 1 unspecified atom stereocenters. The Hall–Kier alpha value is -1.07. The molecule has 0 saturated carbocycles. The maximum Gasteiger partial charge on any atom is 0.196 e. The zero-order valence-electron chi connectivity index (χ0n) is 10.4. The van der Waals surface area contributed by atoms with Crippen LogP contribution in [0.15, 0.2) is 33.7 Å². The predicted molar refractivity (Wildman–Crippen MR) is 78.0 cm³/mol. The number of nitrogens with two attached hydrogens (primary N) is 1. The molecular formula is C13H17BrN4. The van der Waals surface area contributed by atoms with Crippen molar-refractivity contribution in [2.75, 3.05) is 31.6 Å². The average molecular weight is 309 g/mol. The number of hydrogen-bond acceptors (Lipinski definition) is 4. The van der Waals surface area contributed by atoms with Crippen molar-refractivity contribution in [3.05, 3.63) is 28.7 Å². The monoisotopic (exact) mass is 308 g/mol. The van der Waals surface area contributed by atoms with Crippen LogP contribution in [0.5, 0.6) is 0 Å². The van der Waals surface area contributed by atoms with Gasteiger partial charge in [0.2, 0.25) is 0 Å². The highest BCUT2D eigenvalue weighted by molar-refractivity contribution is 9.10. The fourth-order valence-electron chi connectivity index (χ4n) is 3.00. The number of benzene rings is 1. The summed E-state index contributed by atoms with van der Waals surface area (Å²) in [5.41, 5.74) is 7.28. The van der Waals surface area contributed by atoms with Gasteiger partial charge in [0.1, 0.15) is 0 Å². The van der Waals surface area contributed by atoms with Crippen molar-refractivity contribution >= 4 is 27.6 Å². The molecule has 2 N–H and O–H groups in total. The van der Waals surface area contributed by atoms with Crippen LogP contribution in [0, 0.1) is 0 Å². The van der Waals surface area contributed by atoms with E-state index in [1.807, 2.05) is 18.2 Å². The molecule has 4 nitrogen and oxygen atoms in total. The first-order valence-corrected chi connectivity index (χ1v) is 6.95. The molecule has 1 aromatic rings. The summed E-state index contributed by atoms with van der Waals surface area (Å²) in [6.07, 6.45) is 1.11. The zero-order valence-corrected chi connectivity index (χ0v) is 12.0. The van der Waals surface area contributed by atoms with E-state index in [1.165, 1.54) is 0 Å². The molecule has 1 saturated heterocycles. The van der Waals surface area contributed by atoms with Crippen molar-refractivity contribution in [1.29, 1.82) is 0 Å². The zero-order chi connectivity index (χ0) is 12.8. The fourth-order valence-corrected chi connectivity index (χ4v) is 3.46. The minimum Gasteiger partial charge on any atom is -0.369 e. The Kier molecular flexibility index (Phi) is 2.83. The van der Waals surface area contributed by atoms with Gasteiger partial charge in [0, 0.05) is 17.6 Å². The third-order valence-corrected chi connectivity index (χ3v) is 4.53. The molecule has 1 spiro atoms. The van der Waals surface area contributed by atoms with E-state index >= 15 is 0 Å². The first-order chi connectivity index (χ1) is 8.62. The van der Waals surface area contributed by atoms with Crippen LogP contribution in [0.4, 0.5) is 5.69 Å². The quantitative estimate of drug-likeness (QED) is 0.858. The lowest BCUT2D eigenvalue weighted by Gasteiger charge is -2.36. The van der Waals surface area contributed by atoms with E-state index in [4.69, 9.17) is 5.73 Å². The summed E-state index contributed by atoms with van der Waals surface area (Å²) in [5.74, 6) is 0.636. The topological polar surface area (TPSA) is 44.9 Å². The van der Waals surface area contributed by atoms with Crippen molar-refractivity contribution in [3.63, 3.8) is 0 Å². The Balaban J connectivity index is 2.03. The Bertz CT molecular complexity index is 502. The second-order valence-corrected chi connectivity index (χ2v) is 6.03. The SMILES string of the molecule is CN1CCC2(CN=C(N)N2c2ccccc2Br)C1. The minimum absolute atomic E-state index is 0.0444. The van der Waals surface area contributed by atoms with E-state index in [0.29, 0.717) is 5.96 Å². The Morgan fingerprint density at radius 1 is 1.39 bits per heavy atom. The highest BCUT2D eigenvalue weighted by Gasteiger charge is 2.47. The molecule has 0 amide bonds. The summed E-state index contributed by atoms with van der Waals surface area (Å²) < 4.78 is 1.07. The van der Waals surface area contributed by atoms with Crippen LogP contribution < -0.4 is 10.6 Å². The van der Waals surface area contributed by atoms with Gasteiger partial charge in [0.05, 0.1) is 17.8 Å². The maximum absolute atomic E-state index is 6.12. The Morgan fingerprint density at radius 2 is 2.17 bits per heavy atom. The molecule has 2 aliphatic heterocycles. The van der Waals surface area contributed by atoms with Gasteiger partial charge in [0.15, 0.2) is 5.96 Å². The molecule has 0 aliphatic carbocycles. The fraction of sp³-hybridized carbons (Fsp3) is 0.462. The van der Waals surface area contributed by atoms with Crippen molar-refractivity contribution in [3.8, 4) is 0 Å². The Morgan fingerprint density at radius 3 is 2.83 bits per heavy atom. The van der Waals surface area contributed by atoms with Crippen molar-refractivity contribution in [2.24, 2.45) is 10.7 Å². The molecule has 3 rings (SSSR count). The normalized spacial score (nSPS) is 28.1. The molecule has 96 valence electrons. The molecule has 1 aromatic carbocycles. The molecule has 1 atom stereocenters. The van der Waals surface area contributed by atoms with Crippen LogP contribution in [-0.2, 0) is 0 Å². The number of halogens is 1. The van der Waals surface area contributed by atoms with Crippen LogP contribution in [0.2, 0.25) is 0 Å². The van der Waals surface area contributed by atoms with Gasteiger partial charge in [-0.1, -0.05) is 12.1 Å². The van der Waals surface area contributed by atoms with E-state index < -0.39 is 0 Å². The highest BCUT2D eigenvalue weighted by atomic mass is 79.9. The summed E-state index contributed by atoms with van der Waals surface area (Å²) in [4.78, 5) is 9.03. The number of likely N-dealkylation sites (N-methyl/N-ethyl adjacent to an activating group) is 1. The number of anilines is 1. The lowest BCUT2D eigenvalue weighted by molar-refractivity contribution is 0.379. The second-order valence-electron chi connectivity index (χ2n) is 5.17. The van der Waals surface area contributed by atoms with Gasteiger partial charge in [-0.25, -0.2) is 0 Å². The van der Waals surface area contributed by atoms with E-state index in [1.54, 1.807) is 0 Å². The van der Waals surface area contributed by atoms with Gasteiger partial charge in [-0.05, 0) is 41.5 Å². The molecule has 2 aliphatic rings. The molecule has 2 heterocycles. The molecule has 0 radical (unpaired) electrons. The number of guanidine groups is 1. The van der Waals surface area contributed by atoms with Gasteiger partial charge in [-0.2, -0.15) is 0 Å². The molecular weight excluding hydrogens is 292 g/mol. The minimum atomic E-state index is 0.0444. The van der Waals surface area contributed by atoms with Gasteiger partial charge < -0.3 is 15.5 Å². The third-order valence-electron chi connectivity index (χ3n) is 3.86. The van der Waals surface area contributed by atoms with Crippen LogP contribution in [-0.4, -0.2) is 43.1 Å². The summed E-state index contributed by atoms with van der Waals surface area (Å²) >= 11 is 3.61. The number of para-hydroxylation sites is 1. The van der Waals surface area contributed by atoms with Gasteiger partial charge in [0.25, 0.3) is 0 Å². The second kappa shape index (κ2) is 4.24. The molecule has 0 bridgehead atoms. The first kappa shape index (κ1) is 12.0. The van der Waals surface area contributed by atoms with Crippen molar-refractivity contribution in [1.82, 2.24) is 4.90 Å². The lowest BCUT2D eigenvalue weighted by atomic mass is 9.97. The predicted octanol–water partition coefficient (Wildman–Crippen LogP) is 1.66. The molecule has 1 fully saturated rings. The van der Waals surface area contributed by atoms with Gasteiger partial charge >= 0.3 is 0 Å². The van der Waals surface area contributed by atoms with E-state index in [0.717, 1.165) is 36.2 Å². The summed E-state index contributed by atoms with van der Waals surface area (Å²) in [7, 11) is 2.15.